The average molecular weight is 381 g/mol. The van der Waals surface area contributed by atoms with E-state index >= 15 is 0 Å². The molecule has 28 heavy (non-hydrogen) atoms. The molecule has 0 spiro atoms. The smallest absolute Gasteiger partial charge is 0.247 e. The molecule has 1 aliphatic carbocycles. The number of hydrogen-bond acceptors (Lipinski definition) is 2. The summed E-state index contributed by atoms with van der Waals surface area (Å²) < 4.78 is 14.7. The van der Waals surface area contributed by atoms with Crippen molar-refractivity contribution in [3.63, 3.8) is 0 Å². The molecule has 1 amide bonds. The summed E-state index contributed by atoms with van der Waals surface area (Å²) >= 11 is 0. The van der Waals surface area contributed by atoms with Crippen LogP contribution in [-0.4, -0.2) is 18.0 Å². The molecule has 0 atom stereocenters. The first-order valence-corrected chi connectivity index (χ1v) is 9.91. The Kier molecular flexibility index (Phi) is 5.87. The number of nitrogens with one attached hydrogen (secondary N) is 2. The van der Waals surface area contributed by atoms with Gasteiger partial charge in [-0.15, -0.1) is 0 Å². The molecule has 1 fully saturated rings. The number of carbonyl (C=O) groups is 1. The Hall–Kier alpha value is -2.62. The predicted octanol–water partition coefficient (Wildman–Crippen LogP) is 5.61. The molecule has 2 aromatic carbocycles. The lowest BCUT2D eigenvalue weighted by atomic mass is 9.93. The van der Waals surface area contributed by atoms with Crippen LogP contribution in [0.25, 0.3) is 17.2 Å². The molecular formula is C24H29FN2O. The van der Waals surface area contributed by atoms with E-state index in [-0.39, 0.29) is 17.8 Å². The van der Waals surface area contributed by atoms with E-state index in [0.717, 1.165) is 40.8 Å². The van der Waals surface area contributed by atoms with Gasteiger partial charge >= 0.3 is 0 Å². The highest BCUT2D eigenvalue weighted by Crippen LogP contribution is 2.31. The first-order valence-electron chi connectivity index (χ1n) is 9.91. The van der Waals surface area contributed by atoms with Gasteiger partial charge < -0.3 is 10.6 Å². The van der Waals surface area contributed by atoms with E-state index in [2.05, 4.69) is 10.6 Å². The maximum atomic E-state index is 14.7. The zero-order valence-electron chi connectivity index (χ0n) is 17.3. The molecule has 0 aliphatic heterocycles. The normalized spacial score (nSPS) is 14.3. The quantitative estimate of drug-likeness (QED) is 0.639. The first kappa shape index (κ1) is 20.1. The van der Waals surface area contributed by atoms with Gasteiger partial charge in [0.1, 0.15) is 5.82 Å². The molecule has 2 N–H and O–H groups in total. The van der Waals surface area contributed by atoms with Gasteiger partial charge in [-0.1, -0.05) is 12.1 Å². The van der Waals surface area contributed by atoms with Gasteiger partial charge in [0, 0.05) is 28.9 Å². The van der Waals surface area contributed by atoms with E-state index in [1.54, 1.807) is 6.07 Å². The second-order valence-corrected chi connectivity index (χ2v) is 8.09. The SMILES string of the molecule is C/C(=C\c1cc(C)c(-c2ccc(NC(C)C)cc2F)cc1C)C(=O)NC1CC1. The molecule has 0 radical (unpaired) electrons. The molecule has 3 nitrogen and oxygen atoms in total. The van der Waals surface area contributed by atoms with E-state index in [1.807, 2.05) is 65.0 Å². The Morgan fingerprint density at radius 1 is 1.11 bits per heavy atom. The van der Waals surface area contributed by atoms with Crippen LogP contribution in [0.5, 0.6) is 0 Å². The van der Waals surface area contributed by atoms with Crippen LogP contribution in [0.2, 0.25) is 0 Å². The van der Waals surface area contributed by atoms with Crippen LogP contribution in [0.3, 0.4) is 0 Å². The van der Waals surface area contributed by atoms with Crippen molar-refractivity contribution in [1.82, 2.24) is 5.32 Å². The van der Waals surface area contributed by atoms with Gasteiger partial charge in [0.25, 0.3) is 0 Å². The molecule has 0 unspecified atom stereocenters. The molecular weight excluding hydrogens is 351 g/mol. The molecule has 3 rings (SSSR count). The van der Waals surface area contributed by atoms with Crippen LogP contribution >= 0.6 is 0 Å². The fourth-order valence-corrected chi connectivity index (χ4v) is 3.27. The standard InChI is InChI=1S/C24H29FN2O/c1-14(2)26-20-8-9-21(23(25)13-20)22-12-15(3)18(10-16(22)4)11-17(5)24(28)27-19-6-7-19/h8-14,19,26H,6-7H2,1-5H3,(H,27,28)/b17-11+. The number of anilines is 1. The van der Waals surface area contributed by atoms with Gasteiger partial charge in [-0.05, 0) is 94.0 Å². The number of benzene rings is 2. The van der Waals surface area contributed by atoms with Crippen molar-refractivity contribution in [3.05, 3.63) is 58.4 Å². The lowest BCUT2D eigenvalue weighted by Crippen LogP contribution is -2.25. The third-order valence-corrected chi connectivity index (χ3v) is 4.97. The number of hydrogen-bond donors (Lipinski definition) is 2. The van der Waals surface area contributed by atoms with Gasteiger partial charge in [-0.2, -0.15) is 0 Å². The minimum atomic E-state index is -0.239. The Morgan fingerprint density at radius 3 is 2.43 bits per heavy atom. The third-order valence-electron chi connectivity index (χ3n) is 4.97. The van der Waals surface area contributed by atoms with Gasteiger partial charge in [-0.25, -0.2) is 4.39 Å². The summed E-state index contributed by atoms with van der Waals surface area (Å²) in [5.41, 5.74) is 5.93. The van der Waals surface area contributed by atoms with Crippen molar-refractivity contribution >= 4 is 17.7 Å². The average Bonchev–Trinajstić information content (AvgIpc) is 3.41. The highest BCUT2D eigenvalue weighted by molar-refractivity contribution is 5.97. The summed E-state index contributed by atoms with van der Waals surface area (Å²) in [4.78, 5) is 12.2. The Bertz CT molecular complexity index is 926. The Morgan fingerprint density at radius 2 is 1.82 bits per heavy atom. The summed E-state index contributed by atoms with van der Waals surface area (Å²) in [6, 6.07) is 9.90. The number of amides is 1. The minimum Gasteiger partial charge on any atom is -0.383 e. The van der Waals surface area contributed by atoms with Crippen LogP contribution in [0, 0.1) is 19.7 Å². The monoisotopic (exact) mass is 380 g/mol. The highest BCUT2D eigenvalue weighted by atomic mass is 19.1. The second-order valence-electron chi connectivity index (χ2n) is 8.09. The van der Waals surface area contributed by atoms with Crippen molar-refractivity contribution in [3.8, 4) is 11.1 Å². The minimum absolute atomic E-state index is 0.0112. The van der Waals surface area contributed by atoms with E-state index in [0.29, 0.717) is 17.2 Å². The fraction of sp³-hybridized carbons (Fsp3) is 0.375. The molecule has 4 heteroatoms. The van der Waals surface area contributed by atoms with Crippen molar-refractivity contribution in [2.45, 2.75) is 59.5 Å². The van der Waals surface area contributed by atoms with Crippen molar-refractivity contribution < 1.29 is 9.18 Å². The number of carbonyl (C=O) groups excluding carboxylic acids is 1. The van der Waals surface area contributed by atoms with E-state index in [1.165, 1.54) is 0 Å². The first-order chi connectivity index (χ1) is 13.2. The van der Waals surface area contributed by atoms with E-state index < -0.39 is 0 Å². The molecule has 1 saturated carbocycles. The summed E-state index contributed by atoms with van der Waals surface area (Å²) in [7, 11) is 0. The number of halogens is 1. The predicted molar refractivity (Wildman–Crippen MR) is 115 cm³/mol. The van der Waals surface area contributed by atoms with Crippen LogP contribution in [0.15, 0.2) is 35.9 Å². The van der Waals surface area contributed by atoms with Gasteiger partial charge in [-0.3, -0.25) is 4.79 Å². The lowest BCUT2D eigenvalue weighted by molar-refractivity contribution is -0.117. The van der Waals surface area contributed by atoms with Crippen molar-refractivity contribution in [2.24, 2.45) is 0 Å². The van der Waals surface area contributed by atoms with E-state index in [9.17, 15) is 9.18 Å². The van der Waals surface area contributed by atoms with Gasteiger partial charge in [0.2, 0.25) is 5.91 Å². The second kappa shape index (κ2) is 8.17. The number of aryl methyl sites for hydroxylation is 2. The molecule has 0 bridgehead atoms. The topological polar surface area (TPSA) is 41.1 Å². The van der Waals surface area contributed by atoms with Crippen molar-refractivity contribution in [1.29, 1.82) is 0 Å². The summed E-state index contributed by atoms with van der Waals surface area (Å²) in [5, 5.41) is 6.23. The molecule has 2 aromatic rings. The molecule has 0 saturated heterocycles. The lowest BCUT2D eigenvalue weighted by Gasteiger charge is -2.14. The molecule has 148 valence electrons. The summed E-state index contributed by atoms with van der Waals surface area (Å²) in [5.74, 6) is -0.251. The van der Waals surface area contributed by atoms with E-state index in [4.69, 9.17) is 0 Å². The summed E-state index contributed by atoms with van der Waals surface area (Å²) in [6.45, 7) is 9.86. The fourth-order valence-electron chi connectivity index (χ4n) is 3.27. The third kappa shape index (κ3) is 4.80. The van der Waals surface area contributed by atoms with Crippen LogP contribution in [0.4, 0.5) is 10.1 Å². The number of rotatable bonds is 6. The molecule has 1 aliphatic rings. The van der Waals surface area contributed by atoms with Crippen LogP contribution in [-0.2, 0) is 4.79 Å². The maximum Gasteiger partial charge on any atom is 0.247 e. The largest absolute Gasteiger partial charge is 0.383 e. The van der Waals surface area contributed by atoms with Gasteiger partial charge in [0.05, 0.1) is 0 Å². The molecule has 0 aromatic heterocycles. The Labute approximate surface area is 167 Å². The van der Waals surface area contributed by atoms with Gasteiger partial charge in [0.15, 0.2) is 0 Å². The zero-order chi connectivity index (χ0) is 20.4. The molecule has 0 heterocycles. The maximum absolute atomic E-state index is 14.7. The Balaban J connectivity index is 1.88. The van der Waals surface area contributed by atoms with Crippen molar-refractivity contribution in [2.75, 3.05) is 5.32 Å². The highest BCUT2D eigenvalue weighted by Gasteiger charge is 2.23. The van der Waals surface area contributed by atoms with Crippen LogP contribution in [0.1, 0.15) is 50.3 Å². The zero-order valence-corrected chi connectivity index (χ0v) is 17.3. The van der Waals surface area contributed by atoms with Crippen LogP contribution < -0.4 is 10.6 Å². The summed E-state index contributed by atoms with van der Waals surface area (Å²) in [6.07, 6.45) is 4.06.